The van der Waals surface area contributed by atoms with E-state index >= 15 is 0 Å². The van der Waals surface area contributed by atoms with E-state index in [0.29, 0.717) is 18.7 Å². The molecule has 11 nitrogen and oxygen atoms in total. The molecule has 1 spiro atoms. The molecule has 1 fully saturated rings. The van der Waals surface area contributed by atoms with Crippen LogP contribution in [0.25, 0.3) is 0 Å². The summed E-state index contributed by atoms with van der Waals surface area (Å²) in [6, 6.07) is -1.10. The summed E-state index contributed by atoms with van der Waals surface area (Å²) in [6.45, 7) is 0.428. The third-order valence-corrected chi connectivity index (χ3v) is 3.92. The zero-order chi connectivity index (χ0) is 15.2. The Hall–Kier alpha value is -2.72. The summed E-state index contributed by atoms with van der Waals surface area (Å²) in [7, 11) is 0. The van der Waals surface area contributed by atoms with Crippen LogP contribution in [0.5, 0.6) is 0 Å². The minimum absolute atomic E-state index is 0.0898. The van der Waals surface area contributed by atoms with E-state index in [0.717, 1.165) is 0 Å². The van der Waals surface area contributed by atoms with Gasteiger partial charge in [0.1, 0.15) is 24.4 Å². The van der Waals surface area contributed by atoms with E-state index in [-0.39, 0.29) is 18.5 Å². The predicted molar refractivity (Wildman–Crippen MR) is 72.8 cm³/mol. The van der Waals surface area contributed by atoms with Crippen molar-refractivity contribution in [1.82, 2.24) is 10.2 Å². The van der Waals surface area contributed by atoms with Crippen LogP contribution in [0.4, 0.5) is 4.79 Å². The van der Waals surface area contributed by atoms with Gasteiger partial charge < -0.3 is 37.4 Å². The molecule has 0 unspecified atom stereocenters. The molecule has 0 aromatic rings. The first kappa shape index (κ1) is 13.3. The Balaban J connectivity index is 2.01. The first-order chi connectivity index (χ1) is 9.99. The van der Waals surface area contributed by atoms with Crippen LogP contribution in [0.15, 0.2) is 15.1 Å². The highest BCUT2D eigenvalue weighted by Gasteiger charge is 2.61. The summed E-state index contributed by atoms with van der Waals surface area (Å²) < 4.78 is 4.80. The van der Waals surface area contributed by atoms with E-state index in [4.69, 9.17) is 21.9 Å². The average molecular weight is 296 g/mol. The molecule has 0 bridgehead atoms. The number of oxime groups is 1. The lowest BCUT2D eigenvalue weighted by atomic mass is 9.90. The molecule has 0 radical (unpaired) electrons. The van der Waals surface area contributed by atoms with Gasteiger partial charge in [0.15, 0.2) is 17.6 Å². The molecule has 11 heteroatoms. The molecular formula is C10H16N8O3. The van der Waals surface area contributed by atoms with Crippen LogP contribution in [0.2, 0.25) is 0 Å². The maximum absolute atomic E-state index is 10.8. The third kappa shape index (κ3) is 1.73. The summed E-state index contributed by atoms with van der Waals surface area (Å²) in [4.78, 5) is 21.1. The molecule has 3 rings (SSSR count). The number of carbonyl (C=O) groups excluding carboxylic acids is 1. The number of nitrogens with one attached hydrogen (secondary N) is 1. The SMILES string of the molecule is NC(=O)OC[C@@H]1N=C(N)N2CCC(=NO)[C@@]23NC(N)=N[C@@H]13. The van der Waals surface area contributed by atoms with Crippen LogP contribution in [-0.4, -0.2) is 64.7 Å². The average Bonchev–Trinajstić information content (AvgIpc) is 2.96. The van der Waals surface area contributed by atoms with E-state index in [2.05, 4.69) is 20.5 Å². The van der Waals surface area contributed by atoms with E-state index in [1.165, 1.54) is 0 Å². The number of carbonyl (C=O) groups is 1. The van der Waals surface area contributed by atoms with Gasteiger partial charge in [-0.05, 0) is 0 Å². The van der Waals surface area contributed by atoms with Crippen LogP contribution < -0.4 is 22.5 Å². The number of rotatable bonds is 2. The van der Waals surface area contributed by atoms with Crippen molar-refractivity contribution in [3.63, 3.8) is 0 Å². The second kappa shape index (κ2) is 4.40. The first-order valence-electron chi connectivity index (χ1n) is 6.35. The number of amides is 1. The van der Waals surface area contributed by atoms with Crippen molar-refractivity contribution < 1.29 is 14.7 Å². The minimum atomic E-state index is -0.962. The molecule has 3 aliphatic heterocycles. The number of hydrogen-bond donors (Lipinski definition) is 5. The van der Waals surface area contributed by atoms with Crippen LogP contribution in [0.1, 0.15) is 6.42 Å². The second-order valence-electron chi connectivity index (χ2n) is 4.98. The van der Waals surface area contributed by atoms with Crippen LogP contribution in [0.3, 0.4) is 0 Å². The maximum atomic E-state index is 10.8. The molecule has 1 saturated heterocycles. The summed E-state index contributed by atoms with van der Waals surface area (Å²) in [5.74, 6) is 0.419. The Morgan fingerprint density at radius 1 is 1.57 bits per heavy atom. The Morgan fingerprint density at radius 2 is 2.33 bits per heavy atom. The highest BCUT2D eigenvalue weighted by Crippen LogP contribution is 2.37. The minimum Gasteiger partial charge on any atom is -0.447 e. The lowest BCUT2D eigenvalue weighted by Crippen LogP contribution is -2.71. The molecule has 8 N–H and O–H groups in total. The molecule has 0 saturated carbocycles. The van der Waals surface area contributed by atoms with Gasteiger partial charge in [0, 0.05) is 13.0 Å². The Morgan fingerprint density at radius 3 is 3.00 bits per heavy atom. The number of guanidine groups is 2. The Bertz CT molecular complexity index is 573. The zero-order valence-electron chi connectivity index (χ0n) is 11.1. The second-order valence-corrected chi connectivity index (χ2v) is 4.98. The number of nitrogens with two attached hydrogens (primary N) is 3. The fraction of sp³-hybridized carbons (Fsp3) is 0.600. The van der Waals surface area contributed by atoms with Gasteiger partial charge in [0.25, 0.3) is 0 Å². The van der Waals surface area contributed by atoms with Gasteiger partial charge in [0.05, 0.1) is 0 Å². The molecule has 0 aromatic carbocycles. The Kier molecular flexibility index (Phi) is 2.78. The van der Waals surface area contributed by atoms with E-state index in [1.807, 2.05) is 0 Å². The number of nitrogens with zero attached hydrogens (tertiary/aromatic N) is 4. The quantitative estimate of drug-likeness (QED) is 0.272. The number of aliphatic imine (C=N–C) groups is 2. The molecular weight excluding hydrogens is 280 g/mol. The van der Waals surface area contributed by atoms with Crippen LogP contribution in [0, 0.1) is 0 Å². The van der Waals surface area contributed by atoms with Crippen molar-refractivity contribution in [3.8, 4) is 0 Å². The van der Waals surface area contributed by atoms with Crippen LogP contribution >= 0.6 is 0 Å². The van der Waals surface area contributed by atoms with Gasteiger partial charge in [0.2, 0.25) is 0 Å². The van der Waals surface area contributed by atoms with Crippen molar-refractivity contribution >= 4 is 23.7 Å². The summed E-state index contributed by atoms with van der Waals surface area (Å²) in [6.07, 6.45) is -0.423. The molecule has 3 aliphatic rings. The van der Waals surface area contributed by atoms with Gasteiger partial charge in [-0.2, -0.15) is 0 Å². The first-order valence-corrected chi connectivity index (χ1v) is 6.35. The summed E-state index contributed by atoms with van der Waals surface area (Å²) in [5.41, 5.74) is 16.2. The monoisotopic (exact) mass is 296 g/mol. The topological polar surface area (TPSA) is 177 Å². The van der Waals surface area contributed by atoms with Crippen molar-refractivity contribution in [2.75, 3.05) is 13.2 Å². The zero-order valence-corrected chi connectivity index (χ0v) is 11.1. The number of hydrogen-bond acceptors (Lipinski definition) is 10. The van der Waals surface area contributed by atoms with Gasteiger partial charge >= 0.3 is 6.09 Å². The van der Waals surface area contributed by atoms with Gasteiger partial charge in [-0.1, -0.05) is 5.16 Å². The molecule has 1 amide bonds. The van der Waals surface area contributed by atoms with E-state index in [9.17, 15) is 10.0 Å². The Labute approximate surface area is 119 Å². The van der Waals surface area contributed by atoms with Gasteiger partial charge in [-0.15, -0.1) is 0 Å². The smallest absolute Gasteiger partial charge is 0.404 e. The highest BCUT2D eigenvalue weighted by molar-refractivity contribution is 6.05. The third-order valence-electron chi connectivity index (χ3n) is 3.92. The summed E-state index contributed by atoms with van der Waals surface area (Å²) in [5, 5.41) is 15.6. The van der Waals surface area contributed by atoms with Crippen LogP contribution in [-0.2, 0) is 4.74 Å². The largest absolute Gasteiger partial charge is 0.447 e. The molecule has 114 valence electrons. The fourth-order valence-corrected chi connectivity index (χ4v) is 3.15. The van der Waals surface area contributed by atoms with Crippen molar-refractivity contribution in [2.45, 2.75) is 24.2 Å². The summed E-state index contributed by atoms with van der Waals surface area (Å²) >= 11 is 0. The maximum Gasteiger partial charge on any atom is 0.404 e. The van der Waals surface area contributed by atoms with E-state index < -0.39 is 23.8 Å². The van der Waals surface area contributed by atoms with Gasteiger partial charge in [-0.3, -0.25) is 0 Å². The number of primary amides is 1. The lowest BCUT2D eigenvalue weighted by molar-refractivity contribution is 0.122. The fourth-order valence-electron chi connectivity index (χ4n) is 3.15. The van der Waals surface area contributed by atoms with E-state index in [1.54, 1.807) is 4.90 Å². The van der Waals surface area contributed by atoms with Crippen molar-refractivity contribution in [2.24, 2.45) is 32.3 Å². The normalized spacial score (nSPS) is 35.6. The molecule has 21 heavy (non-hydrogen) atoms. The molecule has 3 atom stereocenters. The number of ether oxygens (including phenoxy) is 1. The van der Waals surface area contributed by atoms with Crippen molar-refractivity contribution in [1.29, 1.82) is 0 Å². The molecule has 3 heterocycles. The van der Waals surface area contributed by atoms with Gasteiger partial charge in [-0.25, -0.2) is 14.8 Å². The molecule has 0 aromatic heterocycles. The molecule has 0 aliphatic carbocycles. The predicted octanol–water partition coefficient (Wildman–Crippen LogP) is -2.70. The lowest BCUT2D eigenvalue weighted by Gasteiger charge is -2.44. The highest BCUT2D eigenvalue weighted by atomic mass is 16.5. The standard InChI is InChI=1S/C10H16N8O3/c11-7-15-6-4(3-21-9(13)19)14-8(12)18-2-1-5(17-20)10(6,18)16-7/h4,6,20H,1-3H2,(H2,12,14)(H2,13,19)(H3,11,15,16)/t4-,6-,10+/m0/s1. The van der Waals surface area contributed by atoms with Crippen molar-refractivity contribution in [3.05, 3.63) is 0 Å².